The molecule has 0 fully saturated rings. The number of alkyl halides is 2. The summed E-state index contributed by atoms with van der Waals surface area (Å²) in [6.07, 6.45) is 14.8. The topological polar surface area (TPSA) is 0 Å². The molecule has 0 atom stereocenters. The number of halogens is 1. The predicted molar refractivity (Wildman–Crippen MR) is 62.6 cm³/mol. The third-order valence-corrected chi connectivity index (χ3v) is 4.52. The van der Waals surface area contributed by atoms with Crippen molar-refractivity contribution in [3.63, 3.8) is 0 Å². The average molecular weight is 311 g/mol. The van der Waals surface area contributed by atoms with E-state index in [4.69, 9.17) is 0 Å². The fourth-order valence-corrected chi connectivity index (χ4v) is 3.02. The van der Waals surface area contributed by atoms with Crippen LogP contribution in [0.15, 0.2) is 0 Å². The van der Waals surface area contributed by atoms with E-state index in [9.17, 15) is 0 Å². The van der Waals surface area contributed by atoms with Crippen LogP contribution in [-0.4, -0.2) is 9.36 Å². The van der Waals surface area contributed by atoms with Gasteiger partial charge in [0.05, 0.1) is 0 Å². The van der Waals surface area contributed by atoms with Crippen molar-refractivity contribution < 1.29 is 21.2 Å². The van der Waals surface area contributed by atoms with E-state index in [-0.39, 0.29) is 0 Å². The maximum absolute atomic E-state index is 2.40. The molecular formula is C13H28I-. The van der Waals surface area contributed by atoms with Crippen LogP contribution in [-0.2, 0) is 0 Å². The molecular weight excluding hydrogens is 283 g/mol. The summed E-state index contributed by atoms with van der Waals surface area (Å²) >= 11 is 0.571. The molecule has 0 amide bonds. The van der Waals surface area contributed by atoms with E-state index in [2.05, 4.69) is 11.9 Å². The van der Waals surface area contributed by atoms with Crippen LogP contribution < -0.4 is 21.2 Å². The fraction of sp³-hybridized carbons (Fsp3) is 1.00. The Hall–Kier alpha value is 0.730. The van der Waals surface area contributed by atoms with Crippen LogP contribution in [0.2, 0.25) is 0 Å². The van der Waals surface area contributed by atoms with Gasteiger partial charge < -0.3 is 0 Å². The molecule has 0 saturated heterocycles. The summed E-state index contributed by atoms with van der Waals surface area (Å²) in [5, 5.41) is 0. The van der Waals surface area contributed by atoms with Gasteiger partial charge in [-0.3, -0.25) is 0 Å². The molecule has 0 aliphatic heterocycles. The zero-order valence-corrected chi connectivity index (χ0v) is 12.3. The normalized spacial score (nSPS) is 11.0. The van der Waals surface area contributed by atoms with E-state index in [1.54, 1.807) is 4.43 Å². The van der Waals surface area contributed by atoms with Crippen molar-refractivity contribution in [1.82, 2.24) is 0 Å². The van der Waals surface area contributed by atoms with Crippen molar-refractivity contribution in [3.05, 3.63) is 0 Å². The Kier molecular flexibility index (Phi) is 14.4. The Bertz CT molecular complexity index is 79.2. The molecule has 0 aliphatic rings. The molecule has 88 valence electrons. The molecule has 0 saturated carbocycles. The fourth-order valence-electron chi connectivity index (χ4n) is 1.72. The number of hydrogen-bond donors (Lipinski definition) is 0. The molecule has 0 radical (unpaired) electrons. The standard InChI is InChI=1S/C13H28I/c1-3-4-5-6-7-8-9-10-11-12-13-14-2/h3-13H2,1-2H3/q-1. The minimum absolute atomic E-state index is 0.571. The van der Waals surface area contributed by atoms with E-state index in [1.807, 2.05) is 0 Å². The number of hydrogen-bond acceptors (Lipinski definition) is 0. The molecule has 0 aromatic carbocycles. The molecule has 1 heteroatoms. The van der Waals surface area contributed by atoms with Gasteiger partial charge in [0.25, 0.3) is 0 Å². The molecule has 0 nitrogen and oxygen atoms in total. The monoisotopic (exact) mass is 311 g/mol. The van der Waals surface area contributed by atoms with E-state index in [1.165, 1.54) is 64.2 Å². The van der Waals surface area contributed by atoms with Crippen LogP contribution in [0.4, 0.5) is 0 Å². The zero-order chi connectivity index (χ0) is 10.5. The van der Waals surface area contributed by atoms with E-state index in [0.29, 0.717) is 21.2 Å². The summed E-state index contributed by atoms with van der Waals surface area (Å²) in [5.74, 6) is 0. The van der Waals surface area contributed by atoms with Gasteiger partial charge in [0.1, 0.15) is 0 Å². The number of rotatable bonds is 11. The third-order valence-electron chi connectivity index (χ3n) is 2.68. The Morgan fingerprint density at radius 3 is 1.50 bits per heavy atom. The maximum atomic E-state index is 2.40. The summed E-state index contributed by atoms with van der Waals surface area (Å²) in [7, 11) is 0. The van der Waals surface area contributed by atoms with Crippen molar-refractivity contribution in [3.8, 4) is 0 Å². The molecule has 0 bridgehead atoms. The Morgan fingerprint density at radius 1 is 0.643 bits per heavy atom. The summed E-state index contributed by atoms with van der Waals surface area (Å²) in [6.45, 7) is 2.29. The van der Waals surface area contributed by atoms with Gasteiger partial charge in [0, 0.05) is 0 Å². The van der Waals surface area contributed by atoms with Crippen molar-refractivity contribution in [2.45, 2.75) is 71.1 Å². The van der Waals surface area contributed by atoms with Crippen LogP contribution in [0.3, 0.4) is 0 Å². The zero-order valence-electron chi connectivity index (χ0n) is 10.2. The third kappa shape index (κ3) is 12.7. The Labute approximate surface area is 102 Å². The first kappa shape index (κ1) is 14.7. The molecule has 14 heavy (non-hydrogen) atoms. The first-order chi connectivity index (χ1) is 6.91. The molecule has 0 N–H and O–H groups in total. The Balaban J connectivity index is 2.78. The first-order valence-electron chi connectivity index (χ1n) is 6.35. The van der Waals surface area contributed by atoms with E-state index in [0.717, 1.165) is 0 Å². The molecule has 0 heterocycles. The van der Waals surface area contributed by atoms with Gasteiger partial charge in [-0.15, -0.1) is 0 Å². The van der Waals surface area contributed by atoms with Gasteiger partial charge in [0.15, 0.2) is 0 Å². The molecule has 0 unspecified atom stereocenters. The average Bonchev–Trinajstić information content (AvgIpc) is 2.21. The van der Waals surface area contributed by atoms with Gasteiger partial charge in [-0.1, -0.05) is 0 Å². The Morgan fingerprint density at radius 2 is 1.07 bits per heavy atom. The van der Waals surface area contributed by atoms with Crippen LogP contribution in [0.1, 0.15) is 71.1 Å². The quantitative estimate of drug-likeness (QED) is 0.309. The van der Waals surface area contributed by atoms with Crippen LogP contribution in [0.25, 0.3) is 0 Å². The molecule has 0 aromatic rings. The second-order valence-corrected chi connectivity index (χ2v) is 6.74. The molecule has 0 rings (SSSR count). The second kappa shape index (κ2) is 13.7. The van der Waals surface area contributed by atoms with Crippen molar-refractivity contribution >= 4 is 0 Å². The molecule has 0 aromatic heterocycles. The van der Waals surface area contributed by atoms with Gasteiger partial charge in [-0.05, 0) is 0 Å². The number of unbranched alkanes of at least 4 members (excludes halogenated alkanes) is 9. The summed E-state index contributed by atoms with van der Waals surface area (Å²) in [6, 6.07) is 0. The summed E-state index contributed by atoms with van der Waals surface area (Å²) < 4.78 is 1.55. The SMILES string of the molecule is CCCCCCCCCCCC[I-]C. The predicted octanol–water partition coefficient (Wildman–Crippen LogP) is 1.63. The van der Waals surface area contributed by atoms with Crippen molar-refractivity contribution in [2.75, 3.05) is 9.36 Å². The second-order valence-electron chi connectivity index (χ2n) is 4.14. The molecule has 0 spiro atoms. The minimum atomic E-state index is 0.571. The van der Waals surface area contributed by atoms with Crippen LogP contribution in [0, 0.1) is 0 Å². The van der Waals surface area contributed by atoms with Gasteiger partial charge in [-0.2, -0.15) is 0 Å². The van der Waals surface area contributed by atoms with Gasteiger partial charge in [-0.25, -0.2) is 0 Å². The van der Waals surface area contributed by atoms with Crippen molar-refractivity contribution in [1.29, 1.82) is 0 Å². The van der Waals surface area contributed by atoms with Gasteiger partial charge >= 0.3 is 102 Å². The molecule has 0 aliphatic carbocycles. The van der Waals surface area contributed by atoms with E-state index < -0.39 is 0 Å². The first-order valence-corrected chi connectivity index (χ1v) is 10.0. The summed E-state index contributed by atoms with van der Waals surface area (Å²) in [4.78, 5) is 2.40. The van der Waals surface area contributed by atoms with E-state index >= 15 is 0 Å². The summed E-state index contributed by atoms with van der Waals surface area (Å²) in [5.41, 5.74) is 0. The van der Waals surface area contributed by atoms with Crippen molar-refractivity contribution in [2.24, 2.45) is 0 Å². The van der Waals surface area contributed by atoms with Crippen LogP contribution >= 0.6 is 0 Å². The van der Waals surface area contributed by atoms with Crippen LogP contribution in [0.5, 0.6) is 0 Å². The van der Waals surface area contributed by atoms with Gasteiger partial charge in [0.2, 0.25) is 0 Å².